The SMILES string of the molecule is NCCC(Br)(Br)CC(=O)O. The van der Waals surface area contributed by atoms with Gasteiger partial charge in [0.05, 0.1) is 9.65 Å². The average Bonchev–Trinajstić information content (AvgIpc) is 1.59. The fourth-order valence-corrected chi connectivity index (χ4v) is 1.46. The van der Waals surface area contributed by atoms with Crippen LogP contribution < -0.4 is 5.73 Å². The van der Waals surface area contributed by atoms with Crippen LogP contribution in [0.25, 0.3) is 0 Å². The van der Waals surface area contributed by atoms with Crippen LogP contribution in [0.4, 0.5) is 0 Å². The van der Waals surface area contributed by atoms with Crippen molar-refractivity contribution in [3.63, 3.8) is 0 Å². The Bertz CT molecular complexity index is 127. The van der Waals surface area contributed by atoms with Crippen LogP contribution in [0.3, 0.4) is 0 Å². The van der Waals surface area contributed by atoms with E-state index in [9.17, 15) is 4.79 Å². The van der Waals surface area contributed by atoms with Crippen molar-refractivity contribution in [2.24, 2.45) is 5.73 Å². The summed E-state index contributed by atoms with van der Waals surface area (Å²) in [7, 11) is 0. The van der Waals surface area contributed by atoms with Crippen molar-refractivity contribution < 1.29 is 9.90 Å². The summed E-state index contributed by atoms with van der Waals surface area (Å²) in [6.45, 7) is 0.462. The molecule has 0 radical (unpaired) electrons. The summed E-state index contributed by atoms with van der Waals surface area (Å²) in [6.07, 6.45) is 0.628. The molecule has 0 atom stereocenters. The Kier molecular flexibility index (Phi) is 4.47. The van der Waals surface area contributed by atoms with Crippen LogP contribution >= 0.6 is 31.9 Å². The number of nitrogens with two attached hydrogens (primary N) is 1. The van der Waals surface area contributed by atoms with Crippen LogP contribution in [0, 0.1) is 0 Å². The van der Waals surface area contributed by atoms with E-state index in [1.54, 1.807) is 0 Å². The zero-order chi connectivity index (χ0) is 8.20. The average molecular weight is 275 g/mol. The quantitative estimate of drug-likeness (QED) is 0.760. The number of halogens is 2. The van der Waals surface area contributed by atoms with Crippen molar-refractivity contribution in [2.45, 2.75) is 16.1 Å². The normalized spacial score (nSPS) is 11.5. The lowest BCUT2D eigenvalue weighted by molar-refractivity contribution is -0.137. The van der Waals surface area contributed by atoms with Crippen molar-refractivity contribution in [3.8, 4) is 0 Å². The van der Waals surface area contributed by atoms with Gasteiger partial charge < -0.3 is 10.8 Å². The highest BCUT2D eigenvalue weighted by atomic mass is 79.9. The number of aliphatic carboxylic acids is 1. The molecule has 0 amide bonds. The topological polar surface area (TPSA) is 63.3 Å². The molecule has 60 valence electrons. The Morgan fingerprint density at radius 3 is 2.40 bits per heavy atom. The summed E-state index contributed by atoms with van der Waals surface area (Å²) in [6, 6.07) is 0. The maximum absolute atomic E-state index is 10.2. The van der Waals surface area contributed by atoms with E-state index in [4.69, 9.17) is 10.8 Å². The summed E-state index contributed by atoms with van der Waals surface area (Å²) in [5.41, 5.74) is 5.24. The molecule has 0 aromatic heterocycles. The van der Waals surface area contributed by atoms with E-state index in [0.29, 0.717) is 13.0 Å². The molecule has 0 aromatic carbocycles. The maximum Gasteiger partial charge on any atom is 0.305 e. The molecule has 0 aromatic rings. The fraction of sp³-hybridized carbons (Fsp3) is 0.800. The Hall–Kier alpha value is 0.390. The molecule has 0 aliphatic rings. The Balaban J connectivity index is 3.74. The van der Waals surface area contributed by atoms with Crippen LogP contribution in [0.2, 0.25) is 0 Å². The number of carboxylic acids is 1. The number of carbonyl (C=O) groups is 1. The molecule has 0 aliphatic carbocycles. The van der Waals surface area contributed by atoms with Gasteiger partial charge in [0.25, 0.3) is 0 Å². The lowest BCUT2D eigenvalue weighted by Crippen LogP contribution is -2.20. The van der Waals surface area contributed by atoms with Gasteiger partial charge in [-0.1, -0.05) is 31.9 Å². The van der Waals surface area contributed by atoms with E-state index in [1.165, 1.54) is 0 Å². The largest absolute Gasteiger partial charge is 0.481 e. The lowest BCUT2D eigenvalue weighted by Gasteiger charge is -2.15. The minimum absolute atomic E-state index is 0.0319. The van der Waals surface area contributed by atoms with Gasteiger partial charge in [-0.3, -0.25) is 4.79 Å². The molecule has 0 saturated carbocycles. The highest BCUT2D eigenvalue weighted by Gasteiger charge is 2.24. The second kappa shape index (κ2) is 4.31. The van der Waals surface area contributed by atoms with Crippen LogP contribution in [-0.2, 0) is 4.79 Å². The van der Waals surface area contributed by atoms with Crippen LogP contribution in [0.5, 0.6) is 0 Å². The summed E-state index contributed by atoms with van der Waals surface area (Å²) < 4.78 is -0.527. The minimum atomic E-state index is -0.845. The van der Waals surface area contributed by atoms with E-state index in [2.05, 4.69) is 31.9 Å². The van der Waals surface area contributed by atoms with Gasteiger partial charge in [-0.2, -0.15) is 0 Å². The molecule has 0 fully saturated rings. The molecule has 0 heterocycles. The number of rotatable bonds is 4. The standard InChI is InChI=1S/C5H9Br2NO2/c6-5(7,1-2-8)3-4(9)10/h1-3,8H2,(H,9,10). The molecule has 0 aliphatic heterocycles. The summed E-state index contributed by atoms with van der Waals surface area (Å²) in [5.74, 6) is -0.845. The number of hydrogen-bond acceptors (Lipinski definition) is 2. The van der Waals surface area contributed by atoms with Gasteiger partial charge in [-0.15, -0.1) is 0 Å². The second-order valence-corrected chi connectivity index (χ2v) is 6.07. The van der Waals surface area contributed by atoms with Gasteiger partial charge >= 0.3 is 5.97 Å². The lowest BCUT2D eigenvalue weighted by atomic mass is 10.2. The van der Waals surface area contributed by atoms with Crippen molar-refractivity contribution in [3.05, 3.63) is 0 Å². The molecule has 5 heteroatoms. The molecule has 0 bridgehead atoms. The molecule has 0 spiro atoms. The molecule has 0 unspecified atom stereocenters. The van der Waals surface area contributed by atoms with E-state index < -0.39 is 9.20 Å². The predicted molar refractivity (Wildman–Crippen MR) is 46.5 cm³/mol. The summed E-state index contributed by atoms with van der Waals surface area (Å²) in [4.78, 5) is 10.2. The molecular formula is C5H9Br2NO2. The molecule has 0 saturated heterocycles. The van der Waals surface area contributed by atoms with E-state index in [1.807, 2.05) is 0 Å². The van der Waals surface area contributed by atoms with Crippen molar-refractivity contribution >= 4 is 37.8 Å². The van der Waals surface area contributed by atoms with Gasteiger partial charge in [0.1, 0.15) is 0 Å². The molecule has 10 heavy (non-hydrogen) atoms. The predicted octanol–water partition coefficient (Wildman–Crippen LogP) is 1.30. The summed E-state index contributed by atoms with van der Waals surface area (Å²) in [5, 5.41) is 8.37. The van der Waals surface area contributed by atoms with Gasteiger partial charge in [-0.05, 0) is 13.0 Å². The highest BCUT2D eigenvalue weighted by Crippen LogP contribution is 2.33. The van der Waals surface area contributed by atoms with Crippen molar-refractivity contribution in [1.82, 2.24) is 0 Å². The first-order chi connectivity index (χ1) is 4.48. The third kappa shape index (κ3) is 5.20. The monoisotopic (exact) mass is 273 g/mol. The third-order valence-corrected chi connectivity index (χ3v) is 2.27. The van der Waals surface area contributed by atoms with E-state index in [0.717, 1.165) is 0 Å². The second-order valence-electron chi connectivity index (χ2n) is 1.97. The van der Waals surface area contributed by atoms with E-state index in [-0.39, 0.29) is 6.42 Å². The van der Waals surface area contributed by atoms with Gasteiger partial charge in [0, 0.05) is 0 Å². The first-order valence-electron chi connectivity index (χ1n) is 2.77. The number of hydrogen-bond donors (Lipinski definition) is 2. The smallest absolute Gasteiger partial charge is 0.305 e. The first kappa shape index (κ1) is 10.4. The minimum Gasteiger partial charge on any atom is -0.481 e. The van der Waals surface area contributed by atoms with Crippen LogP contribution in [0.15, 0.2) is 0 Å². The van der Waals surface area contributed by atoms with E-state index >= 15 is 0 Å². The number of carboxylic acid groups (broad SMARTS) is 1. The molecule has 3 nitrogen and oxygen atoms in total. The van der Waals surface area contributed by atoms with Crippen molar-refractivity contribution in [2.75, 3.05) is 6.54 Å². The number of alkyl halides is 2. The van der Waals surface area contributed by atoms with Gasteiger partial charge in [0.2, 0.25) is 0 Å². The van der Waals surface area contributed by atoms with Crippen LogP contribution in [0.1, 0.15) is 12.8 Å². The third-order valence-electron chi connectivity index (χ3n) is 0.920. The first-order valence-corrected chi connectivity index (χ1v) is 4.36. The Morgan fingerprint density at radius 1 is 1.60 bits per heavy atom. The van der Waals surface area contributed by atoms with Crippen LogP contribution in [-0.4, -0.2) is 20.9 Å². The zero-order valence-electron chi connectivity index (χ0n) is 5.31. The highest BCUT2D eigenvalue weighted by molar-refractivity contribution is 9.25. The maximum atomic E-state index is 10.2. The van der Waals surface area contributed by atoms with Crippen molar-refractivity contribution in [1.29, 1.82) is 0 Å². The zero-order valence-corrected chi connectivity index (χ0v) is 8.48. The van der Waals surface area contributed by atoms with Gasteiger partial charge in [0.15, 0.2) is 0 Å². The Labute approximate surface area is 76.2 Å². The molecular weight excluding hydrogens is 266 g/mol. The summed E-state index contributed by atoms with van der Waals surface area (Å²) >= 11 is 6.40. The van der Waals surface area contributed by atoms with Gasteiger partial charge in [-0.25, -0.2) is 0 Å². The molecule has 3 N–H and O–H groups in total. The fourth-order valence-electron chi connectivity index (χ4n) is 0.521. The molecule has 0 rings (SSSR count). The Morgan fingerprint density at radius 2 is 2.10 bits per heavy atom.